The van der Waals surface area contributed by atoms with Gasteiger partial charge in [0.05, 0.1) is 17.8 Å². The van der Waals surface area contributed by atoms with Gasteiger partial charge in [-0.3, -0.25) is 4.79 Å². The summed E-state index contributed by atoms with van der Waals surface area (Å²) in [5.74, 6) is -0.897. The molecule has 5 nitrogen and oxygen atoms in total. The van der Waals surface area contributed by atoms with Gasteiger partial charge in [0.25, 0.3) is 5.91 Å². The fourth-order valence-electron chi connectivity index (χ4n) is 2.89. The highest BCUT2D eigenvalue weighted by Crippen LogP contribution is 2.33. The molecule has 1 amide bonds. The number of alkyl halides is 4. The predicted molar refractivity (Wildman–Crippen MR) is 102 cm³/mol. The number of hydrogen-bond acceptors (Lipinski definition) is 4. The number of amides is 1. The quantitative estimate of drug-likeness (QED) is 0.389. The number of halogens is 4. The maximum absolute atomic E-state index is 13.0. The first-order valence-electron chi connectivity index (χ1n) is 8.72. The van der Waals surface area contributed by atoms with Crippen LogP contribution in [0.4, 0.5) is 18.9 Å². The van der Waals surface area contributed by atoms with Crippen molar-refractivity contribution in [3.8, 4) is 0 Å². The van der Waals surface area contributed by atoms with Gasteiger partial charge in [-0.25, -0.2) is 4.79 Å². The van der Waals surface area contributed by atoms with Crippen LogP contribution in [0.15, 0.2) is 53.7 Å². The molecular weight excluding hydrogens is 409 g/mol. The summed E-state index contributed by atoms with van der Waals surface area (Å²) < 4.78 is 38.9. The molecule has 1 aliphatic heterocycles. The van der Waals surface area contributed by atoms with Crippen molar-refractivity contribution in [2.45, 2.75) is 25.6 Å². The first kappa shape index (κ1) is 20.9. The largest absolute Gasteiger partial charge is 0.416 e. The molecule has 0 saturated heterocycles. The fourth-order valence-corrected chi connectivity index (χ4v) is 3.02. The smallest absolute Gasteiger partial charge is 0.317 e. The Balaban J connectivity index is 1.86. The normalized spacial score (nSPS) is 15.0. The van der Waals surface area contributed by atoms with Gasteiger partial charge in [0.1, 0.15) is 0 Å². The van der Waals surface area contributed by atoms with E-state index >= 15 is 0 Å². The number of benzene rings is 2. The lowest BCUT2D eigenvalue weighted by Crippen LogP contribution is -2.30. The lowest BCUT2D eigenvalue weighted by atomic mass is 10.1. The lowest BCUT2D eigenvalue weighted by molar-refractivity contribution is -0.143. The first-order chi connectivity index (χ1) is 13.8. The Morgan fingerprint density at radius 1 is 1.14 bits per heavy atom. The molecule has 152 valence electrons. The summed E-state index contributed by atoms with van der Waals surface area (Å²) in [7, 11) is 0. The van der Waals surface area contributed by atoms with Crippen molar-refractivity contribution in [3.05, 3.63) is 65.2 Å². The van der Waals surface area contributed by atoms with Crippen LogP contribution < -0.4 is 4.90 Å². The van der Waals surface area contributed by atoms with Gasteiger partial charge in [-0.05, 0) is 30.2 Å². The van der Waals surface area contributed by atoms with Crippen molar-refractivity contribution in [2.75, 3.05) is 10.8 Å². The molecule has 0 atom stereocenters. The number of carbonyl (C=O) groups is 2. The van der Waals surface area contributed by atoms with Crippen molar-refractivity contribution >= 4 is 34.9 Å². The van der Waals surface area contributed by atoms with E-state index < -0.39 is 23.6 Å². The minimum atomic E-state index is -4.48. The number of nitrogens with zero attached hydrogens (tertiary/aromatic N) is 2. The molecule has 0 saturated carbocycles. The molecule has 0 unspecified atom stereocenters. The Morgan fingerprint density at radius 3 is 2.62 bits per heavy atom. The van der Waals surface area contributed by atoms with Crippen molar-refractivity contribution in [1.29, 1.82) is 0 Å². The number of oxime groups is 1. The van der Waals surface area contributed by atoms with E-state index in [2.05, 4.69) is 5.16 Å². The molecule has 0 N–H and O–H groups in total. The van der Waals surface area contributed by atoms with Crippen LogP contribution in [-0.4, -0.2) is 23.5 Å². The van der Waals surface area contributed by atoms with Gasteiger partial charge in [0.2, 0.25) is 0 Å². The van der Waals surface area contributed by atoms with E-state index in [1.807, 2.05) is 0 Å². The van der Waals surface area contributed by atoms with Crippen LogP contribution >= 0.6 is 11.6 Å². The number of rotatable bonds is 6. The fraction of sp³-hybridized carbons (Fsp3) is 0.250. The van der Waals surface area contributed by atoms with Gasteiger partial charge in [0.15, 0.2) is 5.71 Å². The van der Waals surface area contributed by atoms with E-state index in [0.717, 1.165) is 12.1 Å². The number of para-hydroxylation sites is 1. The van der Waals surface area contributed by atoms with Crippen LogP contribution in [0.1, 0.15) is 29.5 Å². The summed E-state index contributed by atoms with van der Waals surface area (Å²) >= 11 is 5.52. The highest BCUT2D eigenvalue weighted by atomic mass is 35.5. The molecule has 3 rings (SSSR count). The van der Waals surface area contributed by atoms with E-state index in [0.29, 0.717) is 23.2 Å². The van der Waals surface area contributed by atoms with Gasteiger partial charge >= 0.3 is 12.1 Å². The van der Waals surface area contributed by atoms with Gasteiger partial charge in [0, 0.05) is 17.9 Å². The maximum atomic E-state index is 13.0. The van der Waals surface area contributed by atoms with E-state index in [9.17, 15) is 22.8 Å². The van der Waals surface area contributed by atoms with E-state index in [1.165, 1.54) is 17.0 Å². The third-order valence-electron chi connectivity index (χ3n) is 4.25. The highest BCUT2D eigenvalue weighted by molar-refractivity contribution is 6.54. The van der Waals surface area contributed by atoms with Gasteiger partial charge in [-0.15, -0.1) is 11.6 Å². The Labute approximate surface area is 169 Å². The molecule has 29 heavy (non-hydrogen) atoms. The second kappa shape index (κ2) is 8.65. The van der Waals surface area contributed by atoms with E-state index in [4.69, 9.17) is 16.4 Å². The molecule has 1 heterocycles. The third kappa shape index (κ3) is 4.76. The second-order valence-electron chi connectivity index (χ2n) is 6.30. The third-order valence-corrected chi connectivity index (χ3v) is 4.51. The minimum absolute atomic E-state index is 0.0596. The van der Waals surface area contributed by atoms with Crippen LogP contribution in [0.2, 0.25) is 0 Å². The maximum Gasteiger partial charge on any atom is 0.416 e. The van der Waals surface area contributed by atoms with Crippen molar-refractivity contribution in [1.82, 2.24) is 0 Å². The van der Waals surface area contributed by atoms with Gasteiger partial charge in [-0.2, -0.15) is 13.2 Å². The Morgan fingerprint density at radius 2 is 1.90 bits per heavy atom. The Kier molecular flexibility index (Phi) is 6.22. The highest BCUT2D eigenvalue weighted by Gasteiger charge is 2.35. The zero-order valence-corrected chi connectivity index (χ0v) is 15.8. The van der Waals surface area contributed by atoms with Crippen molar-refractivity contribution in [2.24, 2.45) is 5.16 Å². The van der Waals surface area contributed by atoms with Crippen molar-refractivity contribution in [3.63, 3.8) is 0 Å². The second-order valence-corrected chi connectivity index (χ2v) is 6.68. The number of hydrogen-bond donors (Lipinski definition) is 0. The zero-order chi connectivity index (χ0) is 21.0. The SMILES string of the molecule is O=C(CCCCl)O/N=C1/C(=O)N(Cc2cccc(C(F)(F)F)c2)c2ccccc21. The summed E-state index contributed by atoms with van der Waals surface area (Å²) in [5.41, 5.74) is 0.354. The van der Waals surface area contributed by atoms with Crippen molar-refractivity contribution < 1.29 is 27.6 Å². The summed E-state index contributed by atoms with van der Waals surface area (Å²) in [6, 6.07) is 11.4. The molecule has 0 aliphatic carbocycles. The van der Waals surface area contributed by atoms with Crippen LogP contribution in [0, 0.1) is 0 Å². The van der Waals surface area contributed by atoms with Crippen LogP contribution in [0.25, 0.3) is 0 Å². The van der Waals surface area contributed by atoms with E-state index in [1.54, 1.807) is 24.3 Å². The lowest BCUT2D eigenvalue weighted by Gasteiger charge is -2.17. The standard InChI is InChI=1S/C20H16ClF3N2O3/c21-10-4-9-17(27)29-25-18-15-7-1-2-8-16(15)26(19(18)28)12-13-5-3-6-14(11-13)20(22,23)24/h1-3,5-8,11H,4,9-10,12H2/b25-18+. The predicted octanol–water partition coefficient (Wildman–Crippen LogP) is 4.52. The number of anilines is 1. The molecule has 0 fully saturated rings. The first-order valence-corrected chi connectivity index (χ1v) is 9.26. The van der Waals surface area contributed by atoms with Gasteiger partial charge < -0.3 is 9.74 Å². The van der Waals surface area contributed by atoms with Crippen LogP contribution in [-0.2, 0) is 27.1 Å². The molecule has 0 radical (unpaired) electrons. The minimum Gasteiger partial charge on any atom is -0.317 e. The Hall–Kier alpha value is -2.87. The topological polar surface area (TPSA) is 59.0 Å². The molecular formula is C20H16ClF3N2O3. The molecule has 2 aromatic carbocycles. The zero-order valence-electron chi connectivity index (χ0n) is 15.1. The average Bonchev–Trinajstić information content (AvgIpc) is 2.96. The summed E-state index contributed by atoms with van der Waals surface area (Å²) in [6.45, 7) is -0.0843. The summed E-state index contributed by atoms with van der Waals surface area (Å²) in [6.07, 6.45) is -4.01. The van der Waals surface area contributed by atoms with Crippen LogP contribution in [0.5, 0.6) is 0 Å². The molecule has 0 aromatic heterocycles. The molecule has 0 bridgehead atoms. The van der Waals surface area contributed by atoms with E-state index in [-0.39, 0.29) is 24.6 Å². The van der Waals surface area contributed by atoms with Crippen LogP contribution in [0.3, 0.4) is 0 Å². The summed E-state index contributed by atoms with van der Waals surface area (Å²) in [4.78, 5) is 30.6. The number of fused-ring (bicyclic) bond motifs is 1. The number of carbonyl (C=O) groups excluding carboxylic acids is 2. The Bertz CT molecular complexity index is 960. The molecule has 1 aliphatic rings. The van der Waals surface area contributed by atoms with Gasteiger partial charge in [-0.1, -0.05) is 35.5 Å². The molecule has 9 heteroatoms. The average molecular weight is 425 g/mol. The molecule has 2 aromatic rings. The monoisotopic (exact) mass is 424 g/mol. The summed E-state index contributed by atoms with van der Waals surface area (Å²) in [5, 5.41) is 3.70. The molecule has 0 spiro atoms.